The number of hydrogen-bond donors (Lipinski definition) is 1. The van der Waals surface area contributed by atoms with Gasteiger partial charge in [-0.15, -0.1) is 0 Å². The second-order valence-corrected chi connectivity index (χ2v) is 6.28. The predicted octanol–water partition coefficient (Wildman–Crippen LogP) is 3.11. The van der Waals surface area contributed by atoms with Crippen molar-refractivity contribution in [1.29, 1.82) is 0 Å². The molecule has 0 saturated carbocycles. The Morgan fingerprint density at radius 3 is 2.15 bits per heavy atom. The zero-order valence-corrected chi connectivity index (χ0v) is 9.65. The van der Waals surface area contributed by atoms with Crippen molar-refractivity contribution in [3.8, 4) is 0 Å². The molecule has 1 nitrogen and oxygen atoms in total. The Labute approximate surface area is 82.4 Å². The summed E-state index contributed by atoms with van der Waals surface area (Å²) in [4.78, 5) is 0. The van der Waals surface area contributed by atoms with E-state index in [1.807, 2.05) is 0 Å². The van der Waals surface area contributed by atoms with Gasteiger partial charge in [0.15, 0.2) is 0 Å². The van der Waals surface area contributed by atoms with Crippen molar-refractivity contribution in [3.63, 3.8) is 0 Å². The van der Waals surface area contributed by atoms with Gasteiger partial charge in [0.25, 0.3) is 0 Å². The Bertz CT molecular complexity index is 212. The minimum atomic E-state index is -0.0131. The first-order valence-corrected chi connectivity index (χ1v) is 5.17. The van der Waals surface area contributed by atoms with E-state index in [0.29, 0.717) is 11.3 Å². The lowest BCUT2D eigenvalue weighted by molar-refractivity contribution is 0.395. The quantitative estimate of drug-likeness (QED) is 0.665. The molecular weight excluding hydrogens is 158 g/mol. The summed E-state index contributed by atoms with van der Waals surface area (Å²) in [5.41, 5.74) is 8.00. The summed E-state index contributed by atoms with van der Waals surface area (Å²) in [5.74, 6) is 0.708. The molecule has 76 valence electrons. The molecule has 0 aliphatic heterocycles. The molecule has 1 rings (SSSR count). The lowest BCUT2D eigenvalue weighted by Gasteiger charge is -2.20. The summed E-state index contributed by atoms with van der Waals surface area (Å²) in [6, 6.07) is 0. The monoisotopic (exact) mass is 181 g/mol. The minimum absolute atomic E-state index is 0.0131. The van der Waals surface area contributed by atoms with Gasteiger partial charge in [0.1, 0.15) is 0 Å². The molecule has 0 aromatic carbocycles. The fourth-order valence-corrected chi connectivity index (χ4v) is 1.77. The molecule has 1 aliphatic carbocycles. The molecule has 13 heavy (non-hydrogen) atoms. The number of rotatable bonds is 3. The zero-order valence-electron chi connectivity index (χ0n) is 9.65. The van der Waals surface area contributed by atoms with Crippen LogP contribution in [0.5, 0.6) is 0 Å². The van der Waals surface area contributed by atoms with Gasteiger partial charge in [-0.25, -0.2) is 0 Å². The minimum Gasteiger partial charge on any atom is -0.326 e. The normalized spacial score (nSPS) is 22.9. The fourth-order valence-electron chi connectivity index (χ4n) is 1.77. The van der Waals surface area contributed by atoms with Gasteiger partial charge in [-0.05, 0) is 38.0 Å². The van der Waals surface area contributed by atoms with Crippen molar-refractivity contribution in [1.82, 2.24) is 0 Å². The molecular formula is C12H23N. The SMILES string of the molecule is CC(C)(C)CC1=CC1CC(C)(C)N. The van der Waals surface area contributed by atoms with Gasteiger partial charge in [0.05, 0.1) is 0 Å². The lowest BCUT2D eigenvalue weighted by atomic mass is 9.88. The van der Waals surface area contributed by atoms with Crippen molar-refractivity contribution in [2.45, 2.75) is 53.0 Å². The summed E-state index contributed by atoms with van der Waals surface area (Å²) in [5, 5.41) is 0. The van der Waals surface area contributed by atoms with Gasteiger partial charge in [-0.1, -0.05) is 32.4 Å². The summed E-state index contributed by atoms with van der Waals surface area (Å²) in [6.45, 7) is 11.1. The second kappa shape index (κ2) is 3.13. The van der Waals surface area contributed by atoms with E-state index >= 15 is 0 Å². The summed E-state index contributed by atoms with van der Waals surface area (Å²) in [7, 11) is 0. The molecule has 0 fully saturated rings. The fraction of sp³-hybridized carbons (Fsp3) is 0.833. The molecule has 0 spiro atoms. The smallest absolute Gasteiger partial charge is 0.0106 e. The van der Waals surface area contributed by atoms with Crippen LogP contribution in [0.4, 0.5) is 0 Å². The molecule has 0 bridgehead atoms. The van der Waals surface area contributed by atoms with Gasteiger partial charge in [0, 0.05) is 5.54 Å². The number of nitrogens with two attached hydrogens (primary N) is 1. The maximum Gasteiger partial charge on any atom is 0.0106 e. The highest BCUT2D eigenvalue weighted by Gasteiger charge is 2.31. The van der Waals surface area contributed by atoms with Crippen molar-refractivity contribution in [2.75, 3.05) is 0 Å². The van der Waals surface area contributed by atoms with Crippen molar-refractivity contribution in [3.05, 3.63) is 11.6 Å². The van der Waals surface area contributed by atoms with Crippen molar-refractivity contribution >= 4 is 0 Å². The number of hydrogen-bond acceptors (Lipinski definition) is 1. The third kappa shape index (κ3) is 4.47. The van der Waals surface area contributed by atoms with E-state index < -0.39 is 0 Å². The molecule has 0 radical (unpaired) electrons. The molecule has 0 amide bonds. The van der Waals surface area contributed by atoms with Crippen LogP contribution < -0.4 is 5.73 Å². The molecule has 0 aromatic heterocycles. The lowest BCUT2D eigenvalue weighted by Crippen LogP contribution is -2.32. The van der Waals surface area contributed by atoms with Gasteiger partial charge in [-0.3, -0.25) is 0 Å². The summed E-state index contributed by atoms with van der Waals surface area (Å²) in [6.07, 6.45) is 4.71. The van der Waals surface area contributed by atoms with E-state index in [0.717, 1.165) is 6.42 Å². The Balaban J connectivity index is 2.27. The maximum absolute atomic E-state index is 5.97. The van der Waals surface area contributed by atoms with E-state index in [9.17, 15) is 0 Å². The van der Waals surface area contributed by atoms with E-state index in [1.54, 1.807) is 5.57 Å². The molecule has 1 unspecified atom stereocenters. The van der Waals surface area contributed by atoms with Crippen LogP contribution in [0.1, 0.15) is 47.5 Å². The van der Waals surface area contributed by atoms with Gasteiger partial charge in [0.2, 0.25) is 0 Å². The Kier molecular flexibility index (Phi) is 2.59. The van der Waals surface area contributed by atoms with Crippen LogP contribution in [0.2, 0.25) is 0 Å². The van der Waals surface area contributed by atoms with Crippen LogP contribution in [0, 0.1) is 11.3 Å². The third-order valence-corrected chi connectivity index (χ3v) is 2.26. The van der Waals surface area contributed by atoms with Crippen LogP contribution in [0.25, 0.3) is 0 Å². The van der Waals surface area contributed by atoms with Crippen LogP contribution in [0.3, 0.4) is 0 Å². The molecule has 0 aromatic rings. The highest BCUT2D eigenvalue weighted by Crippen LogP contribution is 2.42. The Hall–Kier alpha value is -0.300. The molecule has 1 aliphatic rings. The van der Waals surface area contributed by atoms with Crippen LogP contribution >= 0.6 is 0 Å². The van der Waals surface area contributed by atoms with E-state index in [2.05, 4.69) is 40.7 Å². The molecule has 1 atom stereocenters. The van der Waals surface area contributed by atoms with Crippen molar-refractivity contribution in [2.24, 2.45) is 17.1 Å². The van der Waals surface area contributed by atoms with Gasteiger partial charge in [-0.2, -0.15) is 0 Å². The Morgan fingerprint density at radius 2 is 1.77 bits per heavy atom. The first-order valence-electron chi connectivity index (χ1n) is 5.17. The molecule has 0 saturated heterocycles. The summed E-state index contributed by atoms with van der Waals surface area (Å²) < 4.78 is 0. The average Bonchev–Trinajstić information content (AvgIpc) is 2.36. The van der Waals surface area contributed by atoms with Gasteiger partial charge < -0.3 is 5.73 Å². The van der Waals surface area contributed by atoms with E-state index in [1.165, 1.54) is 6.42 Å². The molecule has 0 heterocycles. The van der Waals surface area contributed by atoms with Crippen LogP contribution in [-0.2, 0) is 0 Å². The van der Waals surface area contributed by atoms with Gasteiger partial charge >= 0.3 is 0 Å². The third-order valence-electron chi connectivity index (χ3n) is 2.26. The topological polar surface area (TPSA) is 26.0 Å². The molecule has 2 N–H and O–H groups in total. The predicted molar refractivity (Wildman–Crippen MR) is 58.5 cm³/mol. The average molecular weight is 181 g/mol. The highest BCUT2D eigenvalue weighted by molar-refractivity contribution is 5.30. The number of allylic oxidation sites excluding steroid dienone is 2. The zero-order chi connectivity index (χ0) is 10.3. The first kappa shape index (κ1) is 10.8. The van der Waals surface area contributed by atoms with Crippen molar-refractivity contribution < 1.29 is 0 Å². The largest absolute Gasteiger partial charge is 0.326 e. The second-order valence-electron chi connectivity index (χ2n) is 6.28. The van der Waals surface area contributed by atoms with E-state index in [-0.39, 0.29) is 5.54 Å². The van der Waals surface area contributed by atoms with Crippen LogP contribution in [0.15, 0.2) is 11.6 Å². The molecule has 1 heteroatoms. The highest BCUT2D eigenvalue weighted by atomic mass is 14.7. The van der Waals surface area contributed by atoms with E-state index in [4.69, 9.17) is 5.73 Å². The van der Waals surface area contributed by atoms with Crippen LogP contribution in [-0.4, -0.2) is 5.54 Å². The standard InChI is InChI=1S/C12H23N/c1-11(2,3)7-9-6-10(9)8-12(4,5)13/h6,10H,7-8,13H2,1-5H3. The maximum atomic E-state index is 5.97. The first-order chi connectivity index (χ1) is 5.67. The summed E-state index contributed by atoms with van der Waals surface area (Å²) >= 11 is 0. The Morgan fingerprint density at radius 1 is 1.23 bits per heavy atom.